The third-order valence-corrected chi connectivity index (χ3v) is 3.19. The van der Waals surface area contributed by atoms with Gasteiger partial charge >= 0.3 is 5.97 Å². The smallest absolute Gasteiger partial charge is 0.360 e. The van der Waals surface area contributed by atoms with E-state index >= 15 is 0 Å². The van der Waals surface area contributed by atoms with Crippen LogP contribution in [0.4, 0.5) is 0 Å². The lowest BCUT2D eigenvalue weighted by molar-refractivity contribution is 0.0591. The fourth-order valence-electron chi connectivity index (χ4n) is 2.29. The largest absolute Gasteiger partial charge is 0.464 e. The fraction of sp³-hybridized carbons (Fsp3) is 0.750. The number of ether oxygens (including phenoxy) is 2. The Labute approximate surface area is 112 Å². The van der Waals surface area contributed by atoms with Gasteiger partial charge in [-0.2, -0.15) is 0 Å². The Morgan fingerprint density at radius 1 is 1.58 bits per heavy atom. The van der Waals surface area contributed by atoms with E-state index in [4.69, 9.17) is 9.47 Å². The Morgan fingerprint density at radius 3 is 3.05 bits per heavy atom. The summed E-state index contributed by atoms with van der Waals surface area (Å²) in [6.07, 6.45) is 2.06. The maximum absolute atomic E-state index is 11.7. The normalized spacial score (nSPS) is 18.7. The van der Waals surface area contributed by atoms with Crippen LogP contribution in [0, 0.1) is 0 Å². The molecule has 106 valence electrons. The summed E-state index contributed by atoms with van der Waals surface area (Å²) in [6, 6.07) is 0.116. The fourth-order valence-corrected chi connectivity index (χ4v) is 2.29. The number of hydrogen-bond donors (Lipinski definition) is 1. The third kappa shape index (κ3) is 3.10. The topological polar surface area (TPSA) is 78.3 Å². The highest BCUT2D eigenvalue weighted by Gasteiger charge is 2.28. The summed E-state index contributed by atoms with van der Waals surface area (Å²) in [5, 5.41) is 11.4. The lowest BCUT2D eigenvalue weighted by Crippen LogP contribution is -2.22. The van der Waals surface area contributed by atoms with Gasteiger partial charge in [0.1, 0.15) is 0 Å². The van der Waals surface area contributed by atoms with Crippen LogP contribution in [0.2, 0.25) is 0 Å². The van der Waals surface area contributed by atoms with Crippen molar-refractivity contribution in [3.63, 3.8) is 0 Å². The van der Waals surface area contributed by atoms with E-state index in [1.165, 1.54) is 7.11 Å². The lowest BCUT2D eigenvalue weighted by Gasteiger charge is -2.13. The number of nitrogens with zero attached hydrogens (tertiary/aromatic N) is 3. The average Bonchev–Trinajstić information content (AvgIpc) is 3.06. The Morgan fingerprint density at radius 2 is 2.42 bits per heavy atom. The molecule has 1 aliphatic heterocycles. The molecule has 19 heavy (non-hydrogen) atoms. The van der Waals surface area contributed by atoms with E-state index in [9.17, 15) is 4.79 Å². The van der Waals surface area contributed by atoms with E-state index in [-0.39, 0.29) is 6.04 Å². The molecule has 0 amide bonds. The van der Waals surface area contributed by atoms with Gasteiger partial charge in [0.25, 0.3) is 0 Å². The minimum atomic E-state index is -0.439. The first-order chi connectivity index (χ1) is 9.27. The predicted octanol–water partition coefficient (Wildman–Crippen LogP) is 0.526. The summed E-state index contributed by atoms with van der Waals surface area (Å²) in [5.41, 5.74) is 1.11. The molecular formula is C12H20N4O3. The highest BCUT2D eigenvalue weighted by molar-refractivity contribution is 5.88. The number of nitrogens with one attached hydrogen (secondary N) is 1. The third-order valence-electron chi connectivity index (χ3n) is 3.19. The van der Waals surface area contributed by atoms with Crippen LogP contribution in [-0.2, 0) is 16.0 Å². The van der Waals surface area contributed by atoms with E-state index in [1.807, 2.05) is 6.92 Å². The molecule has 1 aromatic heterocycles. The van der Waals surface area contributed by atoms with Crippen LogP contribution in [0.5, 0.6) is 0 Å². The maximum atomic E-state index is 11.7. The van der Waals surface area contributed by atoms with E-state index in [1.54, 1.807) is 4.68 Å². The molecule has 0 aromatic carbocycles. The highest BCUT2D eigenvalue weighted by atomic mass is 16.5. The van der Waals surface area contributed by atoms with E-state index < -0.39 is 5.97 Å². The Hall–Kier alpha value is -1.47. The first-order valence-electron chi connectivity index (χ1n) is 6.60. The second-order valence-corrected chi connectivity index (χ2v) is 4.38. The lowest BCUT2D eigenvalue weighted by atomic mass is 10.1. The van der Waals surface area contributed by atoms with E-state index in [0.29, 0.717) is 25.5 Å². The number of aromatic nitrogens is 3. The van der Waals surface area contributed by atoms with Crippen LogP contribution < -0.4 is 5.32 Å². The highest BCUT2D eigenvalue weighted by Crippen LogP contribution is 2.25. The average molecular weight is 268 g/mol. The second-order valence-electron chi connectivity index (χ2n) is 4.38. The maximum Gasteiger partial charge on any atom is 0.360 e. The first kappa shape index (κ1) is 14.0. The van der Waals surface area contributed by atoms with Crippen molar-refractivity contribution >= 4 is 5.97 Å². The molecule has 1 aliphatic rings. The molecule has 7 nitrogen and oxygen atoms in total. The van der Waals surface area contributed by atoms with Crippen LogP contribution in [-0.4, -0.2) is 47.8 Å². The Bertz CT molecular complexity index is 427. The molecule has 1 atom stereocenters. The SMILES string of the molecule is CCOCCn1nnc(C(=O)OC)c1C1CCCN1. The van der Waals surface area contributed by atoms with Gasteiger partial charge in [-0.25, -0.2) is 9.48 Å². The molecular weight excluding hydrogens is 248 g/mol. The van der Waals surface area contributed by atoms with Crippen molar-refractivity contribution in [2.45, 2.75) is 32.4 Å². The quantitative estimate of drug-likeness (QED) is 0.599. The predicted molar refractivity (Wildman–Crippen MR) is 67.8 cm³/mol. The first-order valence-corrected chi connectivity index (χ1v) is 6.60. The minimum Gasteiger partial charge on any atom is -0.464 e. The summed E-state index contributed by atoms with van der Waals surface area (Å²) in [6.45, 7) is 4.70. The van der Waals surface area contributed by atoms with Gasteiger partial charge < -0.3 is 14.8 Å². The molecule has 1 aromatic rings. The van der Waals surface area contributed by atoms with Gasteiger partial charge in [-0.15, -0.1) is 5.10 Å². The molecule has 7 heteroatoms. The van der Waals surface area contributed by atoms with Crippen molar-refractivity contribution in [3.8, 4) is 0 Å². The van der Waals surface area contributed by atoms with Crippen LogP contribution in [0.1, 0.15) is 42.0 Å². The van der Waals surface area contributed by atoms with Crippen molar-refractivity contribution in [1.82, 2.24) is 20.3 Å². The van der Waals surface area contributed by atoms with E-state index in [2.05, 4.69) is 15.6 Å². The molecule has 0 bridgehead atoms. The number of rotatable bonds is 6. The van der Waals surface area contributed by atoms with Crippen LogP contribution in [0.25, 0.3) is 0 Å². The molecule has 1 N–H and O–H groups in total. The molecule has 2 heterocycles. The van der Waals surface area contributed by atoms with Gasteiger partial charge in [-0.1, -0.05) is 5.21 Å². The number of esters is 1. The molecule has 1 saturated heterocycles. The van der Waals surface area contributed by atoms with Gasteiger partial charge in [0, 0.05) is 6.61 Å². The Balaban J connectivity index is 2.21. The van der Waals surface area contributed by atoms with Gasteiger partial charge in [-0.05, 0) is 26.3 Å². The van der Waals surface area contributed by atoms with E-state index in [0.717, 1.165) is 25.1 Å². The number of methoxy groups -OCH3 is 1. The van der Waals surface area contributed by atoms with Gasteiger partial charge in [0.15, 0.2) is 5.69 Å². The zero-order valence-electron chi connectivity index (χ0n) is 11.4. The number of hydrogen-bond acceptors (Lipinski definition) is 6. The Kier molecular flexibility index (Phi) is 4.86. The molecule has 1 fully saturated rings. The molecule has 0 saturated carbocycles. The van der Waals surface area contributed by atoms with Gasteiger partial charge in [0.2, 0.25) is 0 Å². The van der Waals surface area contributed by atoms with Crippen molar-refractivity contribution in [2.75, 3.05) is 26.9 Å². The minimum absolute atomic E-state index is 0.116. The van der Waals surface area contributed by atoms with Crippen molar-refractivity contribution in [2.24, 2.45) is 0 Å². The number of carbonyl (C=O) groups is 1. The molecule has 2 rings (SSSR count). The zero-order chi connectivity index (χ0) is 13.7. The second kappa shape index (κ2) is 6.63. The van der Waals surface area contributed by atoms with Crippen molar-refractivity contribution < 1.29 is 14.3 Å². The molecule has 0 spiro atoms. The summed E-state index contributed by atoms with van der Waals surface area (Å²) >= 11 is 0. The van der Waals surface area contributed by atoms with Crippen LogP contribution in [0.3, 0.4) is 0 Å². The molecule has 0 radical (unpaired) electrons. The summed E-state index contributed by atoms with van der Waals surface area (Å²) in [5.74, 6) is -0.439. The number of carbonyl (C=O) groups excluding carboxylic acids is 1. The van der Waals surface area contributed by atoms with Crippen molar-refractivity contribution in [1.29, 1.82) is 0 Å². The zero-order valence-corrected chi connectivity index (χ0v) is 11.4. The summed E-state index contributed by atoms with van der Waals surface area (Å²) in [4.78, 5) is 11.7. The van der Waals surface area contributed by atoms with Gasteiger partial charge in [-0.3, -0.25) is 0 Å². The monoisotopic (exact) mass is 268 g/mol. The molecule has 0 aliphatic carbocycles. The summed E-state index contributed by atoms with van der Waals surface area (Å²) in [7, 11) is 1.35. The molecule has 1 unspecified atom stereocenters. The van der Waals surface area contributed by atoms with Gasteiger partial charge in [0.05, 0.1) is 32.0 Å². The standard InChI is InChI=1S/C12H20N4O3/c1-3-19-8-7-16-11(9-5-4-6-13-9)10(14-15-16)12(17)18-2/h9,13H,3-8H2,1-2H3. The van der Waals surface area contributed by atoms with Crippen LogP contribution >= 0.6 is 0 Å². The van der Waals surface area contributed by atoms with Crippen molar-refractivity contribution in [3.05, 3.63) is 11.4 Å². The van der Waals surface area contributed by atoms with Crippen LogP contribution in [0.15, 0.2) is 0 Å². The summed E-state index contributed by atoms with van der Waals surface area (Å²) < 4.78 is 11.8.